The van der Waals surface area contributed by atoms with Gasteiger partial charge < -0.3 is 5.32 Å². The zero-order valence-electron chi connectivity index (χ0n) is 17.1. The van der Waals surface area contributed by atoms with Gasteiger partial charge in [-0.3, -0.25) is 14.4 Å². The fourth-order valence-electron chi connectivity index (χ4n) is 4.73. The summed E-state index contributed by atoms with van der Waals surface area (Å²) in [5.74, 6) is -0.738. The summed E-state index contributed by atoms with van der Waals surface area (Å²) in [6.45, 7) is 6.07. The van der Waals surface area contributed by atoms with Crippen molar-refractivity contribution in [2.24, 2.45) is 17.8 Å². The Balaban J connectivity index is 1.65. The van der Waals surface area contributed by atoms with E-state index in [4.69, 9.17) is 0 Å². The molecule has 3 atom stereocenters. The molecule has 0 aromatic heterocycles. The maximum absolute atomic E-state index is 13.1. The van der Waals surface area contributed by atoms with E-state index < -0.39 is 0 Å². The Kier molecular flexibility index (Phi) is 4.99. The van der Waals surface area contributed by atoms with Gasteiger partial charge >= 0.3 is 0 Å². The molecule has 1 aliphatic heterocycles. The van der Waals surface area contributed by atoms with Crippen LogP contribution in [0.15, 0.2) is 42.5 Å². The Hall–Kier alpha value is -2.95. The van der Waals surface area contributed by atoms with Crippen LogP contribution in [0.2, 0.25) is 0 Å². The third kappa shape index (κ3) is 3.57. The number of para-hydroxylation sites is 1. The van der Waals surface area contributed by atoms with Crippen molar-refractivity contribution in [3.05, 3.63) is 59.2 Å². The normalized spacial score (nSPS) is 23.8. The molecule has 5 heteroatoms. The van der Waals surface area contributed by atoms with Gasteiger partial charge in [0.15, 0.2) is 0 Å². The van der Waals surface area contributed by atoms with Crippen LogP contribution in [0.25, 0.3) is 0 Å². The van der Waals surface area contributed by atoms with Gasteiger partial charge in [-0.2, -0.15) is 0 Å². The zero-order valence-corrected chi connectivity index (χ0v) is 17.1. The molecule has 1 saturated carbocycles. The molecule has 0 bridgehead atoms. The number of nitrogens with zero attached hydrogens (tertiary/aromatic N) is 1. The van der Waals surface area contributed by atoms with E-state index in [2.05, 4.69) is 12.2 Å². The molecule has 2 aromatic rings. The van der Waals surface area contributed by atoms with Gasteiger partial charge in [0.2, 0.25) is 11.8 Å². The standard InChI is InChI=1S/C24H26N2O3/c1-14-8-9-18-20(13-14)24(29)26(23(18)28)21-7-5-4-6-19(21)22(27)25-17-11-15(2)10-16(3)12-17/h4-7,10-12,14,18,20H,8-9,13H2,1-3H3,(H,25,27). The average molecular weight is 390 g/mol. The summed E-state index contributed by atoms with van der Waals surface area (Å²) in [6.07, 6.45) is 2.44. The summed E-state index contributed by atoms with van der Waals surface area (Å²) in [5.41, 5.74) is 3.52. The number of imide groups is 1. The van der Waals surface area contributed by atoms with Crippen molar-refractivity contribution in [1.82, 2.24) is 0 Å². The van der Waals surface area contributed by atoms with Gasteiger partial charge in [-0.1, -0.05) is 25.1 Å². The number of rotatable bonds is 3. The number of fused-ring (bicyclic) bond motifs is 1. The Morgan fingerprint density at radius 2 is 1.62 bits per heavy atom. The predicted molar refractivity (Wildman–Crippen MR) is 113 cm³/mol. The Morgan fingerprint density at radius 3 is 2.34 bits per heavy atom. The second kappa shape index (κ2) is 7.47. The van der Waals surface area contributed by atoms with E-state index in [9.17, 15) is 14.4 Å². The first-order chi connectivity index (χ1) is 13.8. The highest BCUT2D eigenvalue weighted by molar-refractivity contribution is 6.24. The van der Waals surface area contributed by atoms with Crippen molar-refractivity contribution in [2.75, 3.05) is 10.2 Å². The molecule has 4 rings (SSSR count). The molecule has 0 spiro atoms. The molecule has 2 fully saturated rings. The largest absolute Gasteiger partial charge is 0.322 e. The molecule has 150 valence electrons. The molecule has 2 aromatic carbocycles. The van der Waals surface area contributed by atoms with Gasteiger partial charge in [-0.15, -0.1) is 0 Å². The summed E-state index contributed by atoms with van der Waals surface area (Å²) >= 11 is 0. The lowest BCUT2D eigenvalue weighted by molar-refractivity contribution is -0.122. The molecular weight excluding hydrogens is 364 g/mol. The lowest BCUT2D eigenvalue weighted by Gasteiger charge is -2.25. The number of carbonyl (C=O) groups is 3. The number of anilines is 2. The van der Waals surface area contributed by atoms with Gasteiger partial charge in [-0.05, 0) is 74.4 Å². The van der Waals surface area contributed by atoms with E-state index in [1.807, 2.05) is 32.0 Å². The highest BCUT2D eigenvalue weighted by atomic mass is 16.2. The third-order valence-corrected chi connectivity index (χ3v) is 6.06. The molecule has 3 unspecified atom stereocenters. The molecule has 29 heavy (non-hydrogen) atoms. The number of benzene rings is 2. The number of nitrogens with one attached hydrogen (secondary N) is 1. The van der Waals surface area contributed by atoms with Crippen molar-refractivity contribution in [3.8, 4) is 0 Å². The number of aryl methyl sites for hydroxylation is 2. The van der Waals surface area contributed by atoms with Crippen LogP contribution in [0.1, 0.15) is 47.7 Å². The van der Waals surface area contributed by atoms with Crippen molar-refractivity contribution in [3.63, 3.8) is 0 Å². The number of hydrogen-bond acceptors (Lipinski definition) is 3. The molecule has 1 aliphatic carbocycles. The fourth-order valence-corrected chi connectivity index (χ4v) is 4.73. The molecule has 0 radical (unpaired) electrons. The smallest absolute Gasteiger partial charge is 0.257 e. The summed E-state index contributed by atoms with van der Waals surface area (Å²) in [6, 6.07) is 12.7. The Labute approximate surface area is 171 Å². The van der Waals surface area contributed by atoms with Crippen LogP contribution >= 0.6 is 0 Å². The van der Waals surface area contributed by atoms with Crippen LogP contribution in [0.3, 0.4) is 0 Å². The van der Waals surface area contributed by atoms with Crippen LogP contribution in [0.4, 0.5) is 11.4 Å². The van der Waals surface area contributed by atoms with Crippen LogP contribution in [0.5, 0.6) is 0 Å². The quantitative estimate of drug-likeness (QED) is 0.786. The summed E-state index contributed by atoms with van der Waals surface area (Å²) in [5, 5.41) is 2.92. The molecule has 3 amide bonds. The molecular formula is C24H26N2O3. The SMILES string of the molecule is Cc1cc(C)cc(NC(=O)c2ccccc2N2C(=O)C3CCC(C)CC3C2=O)c1. The number of amides is 3. The van der Waals surface area contributed by atoms with Gasteiger partial charge in [0.25, 0.3) is 5.91 Å². The van der Waals surface area contributed by atoms with Crippen LogP contribution in [-0.2, 0) is 9.59 Å². The Morgan fingerprint density at radius 1 is 0.966 bits per heavy atom. The minimum atomic E-state index is -0.325. The molecule has 2 aliphatic rings. The highest BCUT2D eigenvalue weighted by Crippen LogP contribution is 2.42. The van der Waals surface area contributed by atoms with E-state index in [1.54, 1.807) is 24.3 Å². The summed E-state index contributed by atoms with van der Waals surface area (Å²) in [7, 11) is 0. The van der Waals surface area contributed by atoms with E-state index in [0.29, 0.717) is 22.9 Å². The van der Waals surface area contributed by atoms with E-state index >= 15 is 0 Å². The molecule has 5 nitrogen and oxygen atoms in total. The maximum atomic E-state index is 13.1. The van der Waals surface area contributed by atoms with Crippen LogP contribution in [0, 0.1) is 31.6 Å². The third-order valence-electron chi connectivity index (χ3n) is 6.06. The van der Waals surface area contributed by atoms with Gasteiger partial charge in [0, 0.05) is 5.69 Å². The monoisotopic (exact) mass is 390 g/mol. The second-order valence-corrected chi connectivity index (χ2v) is 8.49. The Bertz CT molecular complexity index is 977. The maximum Gasteiger partial charge on any atom is 0.257 e. The first-order valence-electron chi connectivity index (χ1n) is 10.2. The molecule has 1 heterocycles. The lowest BCUT2D eigenvalue weighted by Crippen LogP contribution is -2.33. The lowest BCUT2D eigenvalue weighted by atomic mass is 9.76. The molecule has 1 saturated heterocycles. The van der Waals surface area contributed by atoms with Gasteiger partial charge in [0.1, 0.15) is 0 Å². The predicted octanol–water partition coefficient (Wildman–Crippen LogP) is 4.48. The minimum Gasteiger partial charge on any atom is -0.322 e. The molecule has 1 N–H and O–H groups in total. The summed E-state index contributed by atoms with van der Waals surface area (Å²) in [4.78, 5) is 40.4. The van der Waals surface area contributed by atoms with E-state index in [-0.39, 0.29) is 29.6 Å². The van der Waals surface area contributed by atoms with Crippen molar-refractivity contribution >= 4 is 29.1 Å². The number of carbonyl (C=O) groups excluding carboxylic acids is 3. The second-order valence-electron chi connectivity index (χ2n) is 8.49. The minimum absolute atomic E-state index is 0.168. The van der Waals surface area contributed by atoms with E-state index in [0.717, 1.165) is 30.4 Å². The van der Waals surface area contributed by atoms with Crippen LogP contribution in [-0.4, -0.2) is 17.7 Å². The highest BCUT2D eigenvalue weighted by Gasteiger charge is 2.50. The first kappa shape index (κ1) is 19.4. The average Bonchev–Trinajstić information content (AvgIpc) is 2.91. The van der Waals surface area contributed by atoms with Gasteiger partial charge in [-0.25, -0.2) is 4.90 Å². The topological polar surface area (TPSA) is 66.5 Å². The van der Waals surface area contributed by atoms with Crippen molar-refractivity contribution in [1.29, 1.82) is 0 Å². The summed E-state index contributed by atoms with van der Waals surface area (Å²) < 4.78 is 0. The first-order valence-corrected chi connectivity index (χ1v) is 10.2. The van der Waals surface area contributed by atoms with Gasteiger partial charge in [0.05, 0.1) is 23.1 Å². The van der Waals surface area contributed by atoms with Crippen molar-refractivity contribution < 1.29 is 14.4 Å². The number of hydrogen-bond donors (Lipinski definition) is 1. The van der Waals surface area contributed by atoms with E-state index in [1.165, 1.54) is 4.90 Å². The fraction of sp³-hybridized carbons (Fsp3) is 0.375. The zero-order chi connectivity index (χ0) is 20.7. The van der Waals surface area contributed by atoms with Crippen molar-refractivity contribution in [2.45, 2.75) is 40.0 Å². The van der Waals surface area contributed by atoms with Crippen LogP contribution < -0.4 is 10.2 Å².